The molecule has 0 saturated heterocycles. The van der Waals surface area contributed by atoms with Crippen molar-refractivity contribution in [3.8, 4) is 5.75 Å². The fourth-order valence-electron chi connectivity index (χ4n) is 2.25. The summed E-state index contributed by atoms with van der Waals surface area (Å²) >= 11 is 0. The van der Waals surface area contributed by atoms with E-state index >= 15 is 0 Å². The van der Waals surface area contributed by atoms with E-state index in [4.69, 9.17) is 9.15 Å². The van der Waals surface area contributed by atoms with Gasteiger partial charge in [-0.1, -0.05) is 17.7 Å². The number of furan rings is 1. The third-order valence-electron chi connectivity index (χ3n) is 3.04. The maximum Gasteiger partial charge on any atom is 0.125 e. The topological polar surface area (TPSA) is 34.4 Å². The Morgan fingerprint density at radius 3 is 2.53 bits per heavy atom. The highest BCUT2D eigenvalue weighted by atomic mass is 16.5. The Balaban J connectivity index is 1.77. The van der Waals surface area contributed by atoms with Gasteiger partial charge in [0, 0.05) is 18.7 Å². The summed E-state index contributed by atoms with van der Waals surface area (Å²) in [5.74, 6) is 1.01. The number of ether oxygens (including phenoxy) is 1. The van der Waals surface area contributed by atoms with Crippen LogP contribution in [0.3, 0.4) is 0 Å². The summed E-state index contributed by atoms with van der Waals surface area (Å²) in [5, 5.41) is 3.32. The first-order chi connectivity index (χ1) is 9.16. The molecule has 0 amide bonds. The van der Waals surface area contributed by atoms with Gasteiger partial charge in [-0.25, -0.2) is 0 Å². The molecule has 0 bridgehead atoms. The van der Waals surface area contributed by atoms with Crippen molar-refractivity contribution < 1.29 is 9.15 Å². The molecule has 0 saturated carbocycles. The molecule has 1 heterocycles. The third-order valence-corrected chi connectivity index (χ3v) is 3.04. The first kappa shape index (κ1) is 13.7. The van der Waals surface area contributed by atoms with Crippen LogP contribution in [0.25, 0.3) is 0 Å². The predicted molar refractivity (Wildman–Crippen MR) is 76.6 cm³/mol. The van der Waals surface area contributed by atoms with Gasteiger partial charge in [0.15, 0.2) is 0 Å². The Bertz CT molecular complexity index is 495. The molecule has 0 spiro atoms. The predicted octanol–water partition coefficient (Wildman–Crippen LogP) is 3.37. The summed E-state index contributed by atoms with van der Waals surface area (Å²) in [7, 11) is 0. The van der Waals surface area contributed by atoms with Crippen LogP contribution in [0.15, 0.2) is 35.1 Å². The Labute approximate surface area is 114 Å². The van der Waals surface area contributed by atoms with Crippen LogP contribution in [0.5, 0.6) is 5.75 Å². The molecule has 0 fully saturated rings. The minimum absolute atomic E-state index is 0.669. The molecule has 1 N–H and O–H groups in total. The summed E-state index contributed by atoms with van der Waals surface area (Å²) in [4.78, 5) is 0. The number of aryl methyl sites for hydroxylation is 3. The Morgan fingerprint density at radius 1 is 1.16 bits per heavy atom. The van der Waals surface area contributed by atoms with E-state index in [1.54, 1.807) is 12.5 Å². The molecular weight excluding hydrogens is 238 g/mol. The van der Waals surface area contributed by atoms with Gasteiger partial charge in [-0.3, -0.25) is 0 Å². The number of benzene rings is 1. The lowest BCUT2D eigenvalue weighted by Gasteiger charge is -2.13. The lowest BCUT2D eigenvalue weighted by Crippen LogP contribution is -2.20. The van der Waals surface area contributed by atoms with Gasteiger partial charge >= 0.3 is 0 Å². The van der Waals surface area contributed by atoms with E-state index in [0.717, 1.165) is 24.4 Å². The van der Waals surface area contributed by atoms with Crippen LogP contribution in [-0.2, 0) is 6.54 Å². The van der Waals surface area contributed by atoms with Gasteiger partial charge in [0.1, 0.15) is 12.4 Å². The normalized spacial score (nSPS) is 10.7. The number of rotatable bonds is 6. The average molecular weight is 259 g/mol. The second-order valence-corrected chi connectivity index (χ2v) is 4.88. The molecule has 1 aromatic heterocycles. The van der Waals surface area contributed by atoms with Gasteiger partial charge < -0.3 is 14.5 Å². The van der Waals surface area contributed by atoms with Crippen LogP contribution in [-0.4, -0.2) is 13.2 Å². The quantitative estimate of drug-likeness (QED) is 0.808. The zero-order valence-electron chi connectivity index (χ0n) is 11.8. The molecule has 0 radical (unpaired) electrons. The molecule has 2 aromatic rings. The monoisotopic (exact) mass is 259 g/mol. The minimum atomic E-state index is 0.669. The van der Waals surface area contributed by atoms with E-state index in [1.165, 1.54) is 16.7 Å². The third kappa shape index (κ3) is 3.86. The molecule has 2 rings (SSSR count). The number of hydrogen-bond donors (Lipinski definition) is 1. The maximum absolute atomic E-state index is 5.86. The summed E-state index contributed by atoms with van der Waals surface area (Å²) in [5.41, 5.74) is 4.84. The van der Waals surface area contributed by atoms with Crippen LogP contribution in [0, 0.1) is 20.8 Å². The van der Waals surface area contributed by atoms with Gasteiger partial charge in [-0.2, -0.15) is 0 Å². The molecule has 0 unspecified atom stereocenters. The second-order valence-electron chi connectivity index (χ2n) is 4.88. The maximum atomic E-state index is 5.86. The van der Waals surface area contributed by atoms with Gasteiger partial charge in [-0.15, -0.1) is 0 Å². The summed E-state index contributed by atoms with van der Waals surface area (Å²) < 4.78 is 10.9. The van der Waals surface area contributed by atoms with E-state index in [-0.39, 0.29) is 0 Å². The highest BCUT2D eigenvalue weighted by Crippen LogP contribution is 2.24. The van der Waals surface area contributed by atoms with Crippen molar-refractivity contribution in [1.82, 2.24) is 5.32 Å². The SMILES string of the molecule is Cc1cc(C)c(OCCNCc2ccoc2)c(C)c1. The molecule has 1 aromatic carbocycles. The Morgan fingerprint density at radius 2 is 1.89 bits per heavy atom. The Kier molecular flexibility index (Phi) is 4.63. The standard InChI is InChI=1S/C16H21NO2/c1-12-8-13(2)16(14(3)9-12)19-7-5-17-10-15-4-6-18-11-15/h4,6,8-9,11,17H,5,7,10H2,1-3H3. The lowest BCUT2D eigenvalue weighted by atomic mass is 10.1. The first-order valence-electron chi connectivity index (χ1n) is 6.59. The fraction of sp³-hybridized carbons (Fsp3) is 0.375. The van der Waals surface area contributed by atoms with Gasteiger partial charge in [0.05, 0.1) is 12.5 Å². The molecule has 19 heavy (non-hydrogen) atoms. The zero-order valence-corrected chi connectivity index (χ0v) is 11.8. The lowest BCUT2D eigenvalue weighted by molar-refractivity contribution is 0.309. The summed E-state index contributed by atoms with van der Waals surface area (Å²) in [6.07, 6.45) is 3.44. The number of nitrogens with one attached hydrogen (secondary N) is 1. The first-order valence-corrected chi connectivity index (χ1v) is 6.59. The van der Waals surface area contributed by atoms with E-state index in [0.29, 0.717) is 6.61 Å². The molecule has 3 heteroatoms. The van der Waals surface area contributed by atoms with Crippen molar-refractivity contribution in [2.75, 3.05) is 13.2 Å². The molecule has 0 aliphatic carbocycles. The molecule has 3 nitrogen and oxygen atoms in total. The Hall–Kier alpha value is -1.74. The highest BCUT2D eigenvalue weighted by molar-refractivity contribution is 5.42. The van der Waals surface area contributed by atoms with Crippen LogP contribution in [0.2, 0.25) is 0 Å². The molecule has 0 aliphatic heterocycles. The van der Waals surface area contributed by atoms with E-state index in [1.807, 2.05) is 6.07 Å². The van der Waals surface area contributed by atoms with Gasteiger partial charge in [0.25, 0.3) is 0 Å². The van der Waals surface area contributed by atoms with Gasteiger partial charge in [0.2, 0.25) is 0 Å². The summed E-state index contributed by atoms with van der Waals surface area (Å²) in [6, 6.07) is 6.27. The van der Waals surface area contributed by atoms with Crippen molar-refractivity contribution in [2.24, 2.45) is 0 Å². The molecular formula is C16H21NO2. The molecule has 102 valence electrons. The van der Waals surface area contributed by atoms with Crippen LogP contribution in [0.1, 0.15) is 22.3 Å². The zero-order chi connectivity index (χ0) is 13.7. The van der Waals surface area contributed by atoms with Crippen molar-refractivity contribution in [1.29, 1.82) is 0 Å². The van der Waals surface area contributed by atoms with E-state index in [9.17, 15) is 0 Å². The summed E-state index contributed by atoms with van der Waals surface area (Å²) in [6.45, 7) is 8.59. The smallest absolute Gasteiger partial charge is 0.125 e. The van der Waals surface area contributed by atoms with Gasteiger partial charge in [-0.05, 0) is 38.0 Å². The second kappa shape index (κ2) is 6.43. The van der Waals surface area contributed by atoms with Crippen molar-refractivity contribution in [3.05, 3.63) is 53.0 Å². The van der Waals surface area contributed by atoms with Crippen molar-refractivity contribution in [2.45, 2.75) is 27.3 Å². The van der Waals surface area contributed by atoms with E-state index < -0.39 is 0 Å². The fourth-order valence-corrected chi connectivity index (χ4v) is 2.25. The molecule has 0 atom stereocenters. The minimum Gasteiger partial charge on any atom is -0.492 e. The van der Waals surface area contributed by atoms with Crippen LogP contribution >= 0.6 is 0 Å². The van der Waals surface area contributed by atoms with Crippen molar-refractivity contribution in [3.63, 3.8) is 0 Å². The van der Waals surface area contributed by atoms with Crippen molar-refractivity contribution >= 4 is 0 Å². The van der Waals surface area contributed by atoms with Crippen LogP contribution in [0.4, 0.5) is 0 Å². The van der Waals surface area contributed by atoms with E-state index in [2.05, 4.69) is 38.2 Å². The average Bonchev–Trinajstić information content (AvgIpc) is 2.84. The molecule has 0 aliphatic rings. The number of hydrogen-bond acceptors (Lipinski definition) is 3. The highest BCUT2D eigenvalue weighted by Gasteiger charge is 2.04. The van der Waals surface area contributed by atoms with Crippen LogP contribution < -0.4 is 10.1 Å². The largest absolute Gasteiger partial charge is 0.492 e.